The van der Waals surface area contributed by atoms with Gasteiger partial charge in [-0.25, -0.2) is 9.18 Å². The molecule has 0 aliphatic carbocycles. The minimum absolute atomic E-state index is 0.0777. The SMILES string of the molecule is NC(=O)N(c1ccc(-c2ccc(OCCN3CCOCC3)c3[nH]nc(N)c23)cc1)c1cc(C(F)(F)F)ccc1F. The lowest BCUT2D eigenvalue weighted by atomic mass is 10.0. The van der Waals surface area contributed by atoms with Crippen molar-refractivity contribution in [3.8, 4) is 16.9 Å². The Bertz CT molecular complexity index is 1520. The summed E-state index contributed by atoms with van der Waals surface area (Å²) in [6, 6.07) is 10.4. The zero-order valence-corrected chi connectivity index (χ0v) is 21.2. The van der Waals surface area contributed by atoms with Gasteiger partial charge in [-0.05, 0) is 53.6 Å². The molecule has 13 heteroatoms. The smallest absolute Gasteiger partial charge is 0.416 e. The summed E-state index contributed by atoms with van der Waals surface area (Å²) >= 11 is 0. The number of nitrogens with one attached hydrogen (secondary N) is 1. The number of halogens is 4. The lowest BCUT2D eigenvalue weighted by Crippen LogP contribution is -2.38. The Morgan fingerprint density at radius 2 is 1.82 bits per heavy atom. The molecule has 3 aromatic carbocycles. The zero-order chi connectivity index (χ0) is 28.4. The summed E-state index contributed by atoms with van der Waals surface area (Å²) in [5.74, 6) is -0.210. The van der Waals surface area contributed by atoms with Crippen molar-refractivity contribution in [3.05, 3.63) is 66.0 Å². The Balaban J connectivity index is 1.42. The predicted octanol–water partition coefficient (Wildman–Crippen LogP) is 4.90. The number of hydrogen-bond acceptors (Lipinski definition) is 6. The van der Waals surface area contributed by atoms with Crippen molar-refractivity contribution < 1.29 is 31.8 Å². The molecule has 2 heterocycles. The summed E-state index contributed by atoms with van der Waals surface area (Å²) in [6.45, 7) is 4.27. The summed E-state index contributed by atoms with van der Waals surface area (Å²) < 4.78 is 65.6. The van der Waals surface area contributed by atoms with E-state index in [1.54, 1.807) is 18.2 Å². The summed E-state index contributed by atoms with van der Waals surface area (Å²) in [5.41, 5.74) is 11.9. The first-order valence-electron chi connectivity index (χ1n) is 12.4. The van der Waals surface area contributed by atoms with E-state index in [0.717, 1.165) is 19.6 Å². The van der Waals surface area contributed by atoms with E-state index >= 15 is 0 Å². The number of benzene rings is 3. The topological polar surface area (TPSA) is 123 Å². The Morgan fingerprint density at radius 1 is 1.10 bits per heavy atom. The lowest BCUT2D eigenvalue weighted by Gasteiger charge is -2.26. The van der Waals surface area contributed by atoms with Gasteiger partial charge in [0.1, 0.15) is 23.7 Å². The highest BCUT2D eigenvalue weighted by molar-refractivity contribution is 6.05. The number of H-pyrrole nitrogens is 1. The number of aromatic amines is 1. The second-order valence-corrected chi connectivity index (χ2v) is 9.16. The van der Waals surface area contributed by atoms with Gasteiger partial charge in [0, 0.05) is 19.6 Å². The van der Waals surface area contributed by atoms with E-state index in [1.807, 2.05) is 6.07 Å². The number of alkyl halides is 3. The second kappa shape index (κ2) is 11.0. The Morgan fingerprint density at radius 3 is 2.50 bits per heavy atom. The molecule has 2 amide bonds. The van der Waals surface area contributed by atoms with Crippen LogP contribution in [0.3, 0.4) is 0 Å². The number of rotatable bonds is 7. The highest BCUT2D eigenvalue weighted by Crippen LogP contribution is 2.39. The van der Waals surface area contributed by atoms with Gasteiger partial charge < -0.3 is 20.9 Å². The van der Waals surface area contributed by atoms with Crippen LogP contribution in [-0.2, 0) is 10.9 Å². The van der Waals surface area contributed by atoms with Crippen LogP contribution in [-0.4, -0.2) is 60.6 Å². The average Bonchev–Trinajstić information content (AvgIpc) is 3.32. The molecule has 1 fully saturated rings. The fourth-order valence-electron chi connectivity index (χ4n) is 4.64. The first kappa shape index (κ1) is 27.2. The molecule has 1 saturated heterocycles. The van der Waals surface area contributed by atoms with Crippen LogP contribution in [0.15, 0.2) is 54.6 Å². The Hall–Kier alpha value is -4.36. The van der Waals surface area contributed by atoms with E-state index in [2.05, 4.69) is 15.1 Å². The number of nitrogens with two attached hydrogens (primary N) is 2. The molecule has 5 N–H and O–H groups in total. The van der Waals surface area contributed by atoms with E-state index in [-0.39, 0.29) is 11.5 Å². The molecule has 1 aromatic heterocycles. The number of ether oxygens (including phenoxy) is 2. The molecule has 0 atom stereocenters. The van der Waals surface area contributed by atoms with Crippen LogP contribution < -0.4 is 21.1 Å². The summed E-state index contributed by atoms with van der Waals surface area (Å²) in [7, 11) is 0. The molecule has 5 rings (SSSR count). The van der Waals surface area contributed by atoms with Gasteiger partial charge in [0.05, 0.1) is 35.5 Å². The van der Waals surface area contributed by atoms with Crippen molar-refractivity contribution >= 4 is 34.1 Å². The van der Waals surface area contributed by atoms with Crippen molar-refractivity contribution in [3.63, 3.8) is 0 Å². The molecule has 0 unspecified atom stereocenters. The van der Waals surface area contributed by atoms with Gasteiger partial charge in [0.25, 0.3) is 0 Å². The number of primary amides is 1. The van der Waals surface area contributed by atoms with E-state index in [9.17, 15) is 22.4 Å². The standard InChI is InChI=1S/C27H26F4N6O3/c28-20-7-3-17(27(29,30)31)15-21(20)37(26(33)38)18-4-1-16(2-5-18)19-6-8-22(24-23(19)25(32)35-34-24)40-14-11-36-9-12-39-13-10-36/h1-8,15H,9-14H2,(H2,33,38)(H3,32,34,35). The fraction of sp³-hybridized carbons (Fsp3) is 0.259. The number of carbonyl (C=O) groups excluding carboxylic acids is 1. The van der Waals surface area contributed by atoms with E-state index in [0.29, 0.717) is 70.7 Å². The predicted molar refractivity (Wildman–Crippen MR) is 142 cm³/mol. The number of morpholine rings is 1. The molecule has 0 radical (unpaired) electrons. The molecular formula is C27H26F4N6O3. The monoisotopic (exact) mass is 558 g/mol. The fourth-order valence-corrected chi connectivity index (χ4v) is 4.64. The van der Waals surface area contributed by atoms with Crippen LogP contribution in [0.5, 0.6) is 5.75 Å². The number of urea groups is 1. The highest BCUT2D eigenvalue weighted by Gasteiger charge is 2.32. The first-order valence-corrected chi connectivity index (χ1v) is 12.4. The van der Waals surface area contributed by atoms with Crippen LogP contribution >= 0.6 is 0 Å². The third-order valence-electron chi connectivity index (χ3n) is 6.65. The maximum Gasteiger partial charge on any atom is 0.416 e. The Kier molecular flexibility index (Phi) is 7.50. The molecule has 0 bridgehead atoms. The average molecular weight is 559 g/mol. The first-order chi connectivity index (χ1) is 19.1. The normalized spacial score (nSPS) is 14.4. The molecule has 9 nitrogen and oxygen atoms in total. The van der Waals surface area contributed by atoms with Crippen molar-refractivity contribution in [2.45, 2.75) is 6.18 Å². The number of nitrogen functional groups attached to an aromatic ring is 1. The zero-order valence-electron chi connectivity index (χ0n) is 21.2. The molecule has 4 aromatic rings. The minimum atomic E-state index is -4.73. The van der Waals surface area contributed by atoms with Crippen molar-refractivity contribution in [2.24, 2.45) is 5.73 Å². The number of hydrogen-bond donors (Lipinski definition) is 3. The third-order valence-corrected chi connectivity index (χ3v) is 6.65. The van der Waals surface area contributed by atoms with Crippen molar-refractivity contribution in [1.82, 2.24) is 15.1 Å². The largest absolute Gasteiger partial charge is 0.490 e. The van der Waals surface area contributed by atoms with Crippen LogP contribution in [0.25, 0.3) is 22.0 Å². The summed E-state index contributed by atoms with van der Waals surface area (Å²) in [5, 5.41) is 7.66. The number of carbonyl (C=O) groups is 1. The van der Waals surface area contributed by atoms with Crippen LogP contribution in [0, 0.1) is 5.82 Å². The van der Waals surface area contributed by atoms with Gasteiger partial charge in [-0.2, -0.15) is 18.3 Å². The molecular weight excluding hydrogens is 532 g/mol. The number of aromatic nitrogens is 2. The van der Waals surface area contributed by atoms with Gasteiger partial charge in [-0.1, -0.05) is 12.1 Å². The molecule has 1 aliphatic heterocycles. The van der Waals surface area contributed by atoms with Crippen molar-refractivity contribution in [2.75, 3.05) is 50.1 Å². The van der Waals surface area contributed by atoms with Gasteiger partial charge in [0.15, 0.2) is 5.82 Å². The summed E-state index contributed by atoms with van der Waals surface area (Å²) in [6.07, 6.45) is -4.73. The Labute approximate surface area is 226 Å². The van der Waals surface area contributed by atoms with Crippen LogP contribution in [0.4, 0.5) is 39.5 Å². The van der Waals surface area contributed by atoms with Crippen LogP contribution in [0.2, 0.25) is 0 Å². The van der Waals surface area contributed by atoms with Gasteiger partial charge in [0.2, 0.25) is 0 Å². The molecule has 0 spiro atoms. The number of nitrogens with zero attached hydrogens (tertiary/aromatic N) is 3. The minimum Gasteiger partial charge on any atom is -0.490 e. The molecule has 0 saturated carbocycles. The maximum atomic E-state index is 14.6. The highest BCUT2D eigenvalue weighted by atomic mass is 19.4. The van der Waals surface area contributed by atoms with E-state index in [1.165, 1.54) is 12.1 Å². The van der Waals surface area contributed by atoms with Gasteiger partial charge in [-0.3, -0.25) is 14.9 Å². The molecule has 40 heavy (non-hydrogen) atoms. The van der Waals surface area contributed by atoms with Crippen LogP contribution in [0.1, 0.15) is 5.56 Å². The summed E-state index contributed by atoms with van der Waals surface area (Å²) in [4.78, 5) is 15.2. The third kappa shape index (κ3) is 5.51. The second-order valence-electron chi connectivity index (χ2n) is 9.16. The van der Waals surface area contributed by atoms with E-state index in [4.69, 9.17) is 20.9 Å². The lowest BCUT2D eigenvalue weighted by molar-refractivity contribution is -0.137. The number of amides is 2. The molecule has 210 valence electrons. The number of anilines is 3. The molecule has 1 aliphatic rings. The van der Waals surface area contributed by atoms with Crippen molar-refractivity contribution in [1.29, 1.82) is 0 Å². The maximum absolute atomic E-state index is 14.6. The number of fused-ring (bicyclic) bond motifs is 1. The quantitative estimate of drug-likeness (QED) is 0.278. The van der Waals surface area contributed by atoms with E-state index < -0.39 is 29.3 Å². The van der Waals surface area contributed by atoms with Gasteiger partial charge in [-0.15, -0.1) is 0 Å². The van der Waals surface area contributed by atoms with Gasteiger partial charge >= 0.3 is 12.2 Å².